The molecule has 3 aliphatic rings. The normalized spacial score (nSPS) is 30.8. The van der Waals surface area contributed by atoms with Crippen molar-refractivity contribution in [2.24, 2.45) is 11.8 Å². The van der Waals surface area contributed by atoms with Gasteiger partial charge in [0.2, 0.25) is 0 Å². The van der Waals surface area contributed by atoms with Crippen LogP contribution in [0.1, 0.15) is 65.2 Å². The Hall–Kier alpha value is -1.67. The van der Waals surface area contributed by atoms with Gasteiger partial charge >= 0.3 is 5.97 Å². The van der Waals surface area contributed by atoms with Gasteiger partial charge in [0, 0.05) is 22.7 Å². The minimum Gasteiger partial charge on any atom is -0.493 e. The Balaban J connectivity index is 1.22. The van der Waals surface area contributed by atoms with Crippen LogP contribution in [0, 0.1) is 11.8 Å². The number of aliphatic hydroxyl groups excluding tert-OH is 1. The summed E-state index contributed by atoms with van der Waals surface area (Å²) in [5.74, 6) is 0.577. The Labute approximate surface area is 183 Å². The summed E-state index contributed by atoms with van der Waals surface area (Å²) < 4.78 is 12.3. The second-order valence-corrected chi connectivity index (χ2v) is 9.81. The van der Waals surface area contributed by atoms with Gasteiger partial charge in [0.25, 0.3) is 0 Å². The molecule has 2 saturated carbocycles. The average Bonchev–Trinajstić information content (AvgIpc) is 3.35. The first-order valence-electron chi connectivity index (χ1n) is 10.4. The molecule has 6 nitrogen and oxygen atoms in total. The molecule has 30 heavy (non-hydrogen) atoms. The SMILES string of the molecule is O=C(O)c1csc([C@H]2CC[C@@H]3[C@@H](COc4ccc(Cl)c(C5CC5)c4)[C@H](O)C[C@@H]3O2)n1. The van der Waals surface area contributed by atoms with Crippen LogP contribution in [0.3, 0.4) is 0 Å². The number of hydrogen-bond donors (Lipinski definition) is 2. The molecule has 5 rings (SSSR count). The molecule has 0 amide bonds. The molecule has 0 unspecified atom stereocenters. The number of nitrogens with zero attached hydrogens (tertiary/aromatic N) is 1. The van der Waals surface area contributed by atoms with E-state index in [1.807, 2.05) is 18.2 Å². The van der Waals surface area contributed by atoms with Crippen molar-refractivity contribution in [2.45, 2.75) is 56.3 Å². The Kier molecular flexibility index (Phi) is 5.47. The number of aromatic nitrogens is 1. The van der Waals surface area contributed by atoms with Gasteiger partial charge < -0.3 is 19.7 Å². The number of carbonyl (C=O) groups is 1. The van der Waals surface area contributed by atoms with Gasteiger partial charge in [-0.25, -0.2) is 9.78 Å². The quantitative estimate of drug-likeness (QED) is 0.666. The fourth-order valence-corrected chi connectivity index (χ4v) is 5.92. The second-order valence-electron chi connectivity index (χ2n) is 8.52. The molecular weight excluding hydrogens is 426 g/mol. The maximum Gasteiger partial charge on any atom is 0.355 e. The number of ether oxygens (including phenoxy) is 2. The van der Waals surface area contributed by atoms with Crippen LogP contribution in [0.2, 0.25) is 5.02 Å². The molecule has 2 heterocycles. The third kappa shape index (κ3) is 3.96. The molecule has 1 aromatic heterocycles. The molecule has 0 radical (unpaired) electrons. The molecule has 1 aliphatic heterocycles. The monoisotopic (exact) mass is 449 g/mol. The van der Waals surface area contributed by atoms with E-state index in [0.29, 0.717) is 24.0 Å². The molecule has 0 spiro atoms. The topological polar surface area (TPSA) is 88.9 Å². The molecule has 1 aromatic carbocycles. The first-order chi connectivity index (χ1) is 14.5. The van der Waals surface area contributed by atoms with Crippen LogP contribution in [0.25, 0.3) is 0 Å². The van der Waals surface area contributed by atoms with Crippen molar-refractivity contribution in [1.29, 1.82) is 0 Å². The number of thiazole rings is 1. The van der Waals surface area contributed by atoms with E-state index in [1.54, 1.807) is 5.38 Å². The summed E-state index contributed by atoms with van der Waals surface area (Å²) in [4.78, 5) is 15.3. The number of aromatic carboxylic acids is 1. The van der Waals surface area contributed by atoms with Gasteiger partial charge in [-0.05, 0) is 61.3 Å². The summed E-state index contributed by atoms with van der Waals surface area (Å²) in [6.45, 7) is 0.447. The lowest BCUT2D eigenvalue weighted by molar-refractivity contribution is -0.0811. The average molecular weight is 450 g/mol. The number of halogens is 1. The third-order valence-electron chi connectivity index (χ3n) is 6.54. The fourth-order valence-electron chi connectivity index (χ4n) is 4.79. The summed E-state index contributed by atoms with van der Waals surface area (Å²) in [5.41, 5.74) is 1.22. The number of fused-ring (bicyclic) bond motifs is 1. The zero-order valence-electron chi connectivity index (χ0n) is 16.4. The smallest absolute Gasteiger partial charge is 0.355 e. The van der Waals surface area contributed by atoms with Gasteiger partial charge in [-0.15, -0.1) is 11.3 Å². The first kappa shape index (κ1) is 20.2. The number of carboxylic acids is 1. The van der Waals surface area contributed by atoms with Crippen LogP contribution in [0.4, 0.5) is 0 Å². The highest BCUT2D eigenvalue weighted by Crippen LogP contribution is 2.47. The molecule has 3 fully saturated rings. The molecular formula is C22H24ClNO5S. The van der Waals surface area contributed by atoms with E-state index in [9.17, 15) is 9.90 Å². The van der Waals surface area contributed by atoms with Crippen molar-refractivity contribution in [1.82, 2.24) is 4.98 Å². The number of hydrogen-bond acceptors (Lipinski definition) is 6. The largest absolute Gasteiger partial charge is 0.493 e. The minimum absolute atomic E-state index is 0.0156. The fraction of sp³-hybridized carbons (Fsp3) is 0.545. The van der Waals surface area contributed by atoms with E-state index >= 15 is 0 Å². The zero-order chi connectivity index (χ0) is 20.8. The summed E-state index contributed by atoms with van der Waals surface area (Å²) in [5, 5.41) is 22.8. The van der Waals surface area contributed by atoms with Gasteiger partial charge in [-0.2, -0.15) is 0 Å². The lowest BCUT2D eigenvalue weighted by Gasteiger charge is -2.33. The lowest BCUT2D eigenvalue weighted by Crippen LogP contribution is -2.33. The van der Waals surface area contributed by atoms with Crippen molar-refractivity contribution < 1.29 is 24.5 Å². The minimum atomic E-state index is -1.02. The van der Waals surface area contributed by atoms with Gasteiger partial charge in [-0.3, -0.25) is 0 Å². The molecule has 1 saturated heterocycles. The Morgan fingerprint density at radius 1 is 1.30 bits per heavy atom. The Morgan fingerprint density at radius 2 is 2.13 bits per heavy atom. The van der Waals surface area contributed by atoms with Crippen molar-refractivity contribution in [2.75, 3.05) is 6.61 Å². The van der Waals surface area contributed by atoms with Crippen LogP contribution in [0.15, 0.2) is 23.6 Å². The number of benzene rings is 1. The predicted molar refractivity (Wildman–Crippen MR) is 112 cm³/mol. The van der Waals surface area contributed by atoms with Crippen LogP contribution in [0.5, 0.6) is 5.75 Å². The van der Waals surface area contributed by atoms with E-state index in [4.69, 9.17) is 26.2 Å². The molecule has 2 aliphatic carbocycles. The highest BCUT2D eigenvalue weighted by atomic mass is 35.5. The molecule has 0 bridgehead atoms. The predicted octanol–water partition coefficient (Wildman–Crippen LogP) is 4.67. The lowest BCUT2D eigenvalue weighted by atomic mass is 9.87. The van der Waals surface area contributed by atoms with E-state index in [-0.39, 0.29) is 29.7 Å². The molecule has 2 N–H and O–H groups in total. The molecule has 5 atom stereocenters. The van der Waals surface area contributed by atoms with Gasteiger partial charge in [-0.1, -0.05) is 11.6 Å². The number of aliphatic hydroxyl groups is 1. The molecule has 160 valence electrons. The van der Waals surface area contributed by atoms with Crippen molar-refractivity contribution in [3.8, 4) is 5.75 Å². The highest BCUT2D eigenvalue weighted by Gasteiger charge is 2.47. The Bertz CT molecular complexity index is 945. The van der Waals surface area contributed by atoms with E-state index < -0.39 is 12.1 Å². The van der Waals surface area contributed by atoms with E-state index in [2.05, 4.69) is 4.98 Å². The summed E-state index contributed by atoms with van der Waals surface area (Å²) in [7, 11) is 0. The highest BCUT2D eigenvalue weighted by molar-refractivity contribution is 7.09. The maximum absolute atomic E-state index is 11.1. The number of rotatable bonds is 6. The standard InChI is InChI=1S/C22H24ClNO5S/c23-16-5-3-12(7-14(16)11-1-2-11)28-9-15-13-4-6-19(29-20(13)8-18(15)25)21-24-17(10-30-21)22(26)27/h3,5,7,10-11,13,15,18-20,25H,1-2,4,6,8-9H2,(H,26,27)/t13-,15-,18-,19-,20+/m1/s1. The summed E-state index contributed by atoms with van der Waals surface area (Å²) in [6, 6.07) is 5.82. The van der Waals surface area contributed by atoms with E-state index in [1.165, 1.54) is 24.2 Å². The zero-order valence-corrected chi connectivity index (χ0v) is 17.9. The second kappa shape index (κ2) is 8.11. The van der Waals surface area contributed by atoms with Crippen molar-refractivity contribution >= 4 is 28.9 Å². The van der Waals surface area contributed by atoms with Gasteiger partial charge in [0.1, 0.15) is 16.9 Å². The Morgan fingerprint density at radius 3 is 2.87 bits per heavy atom. The van der Waals surface area contributed by atoms with Crippen LogP contribution >= 0.6 is 22.9 Å². The van der Waals surface area contributed by atoms with Crippen LogP contribution < -0.4 is 4.74 Å². The van der Waals surface area contributed by atoms with Crippen molar-refractivity contribution in [3.05, 3.63) is 44.9 Å². The van der Waals surface area contributed by atoms with Crippen molar-refractivity contribution in [3.63, 3.8) is 0 Å². The first-order valence-corrected chi connectivity index (χ1v) is 11.7. The van der Waals surface area contributed by atoms with Crippen LogP contribution in [-0.2, 0) is 4.74 Å². The van der Waals surface area contributed by atoms with Gasteiger partial charge in [0.05, 0.1) is 18.8 Å². The molecule has 2 aromatic rings. The van der Waals surface area contributed by atoms with Gasteiger partial charge in [0.15, 0.2) is 5.69 Å². The van der Waals surface area contributed by atoms with E-state index in [0.717, 1.165) is 29.2 Å². The summed E-state index contributed by atoms with van der Waals surface area (Å²) in [6.07, 6.45) is 3.87. The maximum atomic E-state index is 11.1. The van der Waals surface area contributed by atoms with Crippen LogP contribution in [-0.4, -0.2) is 40.0 Å². The third-order valence-corrected chi connectivity index (χ3v) is 7.82. The number of carboxylic acid groups (broad SMARTS) is 1. The molecule has 8 heteroatoms. The summed E-state index contributed by atoms with van der Waals surface area (Å²) >= 11 is 7.63.